The van der Waals surface area contributed by atoms with Crippen molar-refractivity contribution >= 4 is 27.3 Å². The monoisotopic (exact) mass is 419 g/mol. The number of hydrogen-bond donors (Lipinski definition) is 4. The molecule has 1 saturated carbocycles. The van der Waals surface area contributed by atoms with E-state index in [0.717, 1.165) is 42.0 Å². The average Bonchev–Trinajstić information content (AvgIpc) is 3.24. The number of aromatic nitrogens is 2. The van der Waals surface area contributed by atoms with Gasteiger partial charge in [-0.2, -0.15) is 5.10 Å². The van der Waals surface area contributed by atoms with Crippen LogP contribution in [0.5, 0.6) is 0 Å². The first-order valence-corrected chi connectivity index (χ1v) is 11.9. The Bertz CT molecular complexity index is 937. The summed E-state index contributed by atoms with van der Waals surface area (Å²) < 4.78 is 24.6. The maximum atomic E-state index is 11.8. The number of ether oxygens (including phenoxy) is 1. The smallest absolute Gasteiger partial charge is 0.407 e. The van der Waals surface area contributed by atoms with Crippen LogP contribution < -0.4 is 10.6 Å². The van der Waals surface area contributed by atoms with Crippen LogP contribution in [0.15, 0.2) is 30.3 Å². The van der Waals surface area contributed by atoms with E-state index in [1.54, 1.807) is 0 Å². The first-order valence-electron chi connectivity index (χ1n) is 9.78. The van der Waals surface area contributed by atoms with Crippen molar-refractivity contribution < 1.29 is 13.7 Å². The van der Waals surface area contributed by atoms with E-state index in [0.29, 0.717) is 0 Å². The number of nitrogens with zero attached hydrogens (tertiary/aromatic N) is 1. The van der Waals surface area contributed by atoms with E-state index in [1.165, 1.54) is 6.26 Å². The summed E-state index contributed by atoms with van der Waals surface area (Å²) in [6.45, 7) is 3.81. The number of alkyl carbamates (subject to hydrolysis) is 1. The quantitative estimate of drug-likeness (QED) is 0.538. The average molecular weight is 420 g/mol. The number of carbonyl (C=O) groups excluding carboxylic acids is 1. The van der Waals surface area contributed by atoms with Crippen molar-refractivity contribution in [2.75, 3.05) is 11.6 Å². The summed E-state index contributed by atoms with van der Waals surface area (Å²) in [5.41, 5.74) is 2.77. The van der Waals surface area contributed by atoms with E-state index >= 15 is 0 Å². The van der Waals surface area contributed by atoms with Gasteiger partial charge in [-0.25, -0.2) is 9.00 Å². The molecule has 4 N–H and O–H groups in total. The van der Waals surface area contributed by atoms with Gasteiger partial charge in [0.2, 0.25) is 0 Å². The second-order valence-corrected chi connectivity index (χ2v) is 10.3. The molecular weight excluding hydrogens is 390 g/mol. The SMILES string of the molecule is CC(C)NC(=O)O[C@@H]1CC[C@H](c2cc(Nc3ccc(CS(C)(=N)=O)cc3)n[nH]2)C1. The Morgan fingerprint density at radius 1 is 1.34 bits per heavy atom. The molecule has 0 radical (unpaired) electrons. The molecule has 9 heteroatoms. The molecule has 8 nitrogen and oxygen atoms in total. The van der Waals surface area contributed by atoms with Crippen LogP contribution in [-0.2, 0) is 20.2 Å². The van der Waals surface area contributed by atoms with Crippen molar-refractivity contribution in [1.29, 1.82) is 4.78 Å². The summed E-state index contributed by atoms with van der Waals surface area (Å²) in [6.07, 6.45) is 3.59. The maximum absolute atomic E-state index is 11.8. The minimum Gasteiger partial charge on any atom is -0.446 e. The summed E-state index contributed by atoms with van der Waals surface area (Å²) in [5, 5.41) is 13.4. The Morgan fingerprint density at radius 2 is 2.07 bits per heavy atom. The van der Waals surface area contributed by atoms with E-state index in [1.807, 2.05) is 44.2 Å². The van der Waals surface area contributed by atoms with Gasteiger partial charge in [-0.3, -0.25) is 9.88 Å². The topological polar surface area (TPSA) is 120 Å². The maximum Gasteiger partial charge on any atom is 0.407 e. The van der Waals surface area contributed by atoms with Crippen LogP contribution in [-0.4, -0.2) is 38.9 Å². The summed E-state index contributed by atoms with van der Waals surface area (Å²) in [5.74, 6) is 1.25. The van der Waals surface area contributed by atoms with Crippen molar-refractivity contribution in [3.05, 3.63) is 41.6 Å². The second kappa shape index (κ2) is 8.86. The zero-order valence-electron chi connectivity index (χ0n) is 17.0. The first-order chi connectivity index (χ1) is 13.7. The Kier molecular flexibility index (Phi) is 6.46. The number of nitrogens with one attached hydrogen (secondary N) is 4. The molecule has 0 aliphatic heterocycles. The van der Waals surface area contributed by atoms with Crippen LogP contribution in [0, 0.1) is 4.78 Å². The first kappa shape index (κ1) is 21.2. The molecule has 1 aromatic heterocycles. The number of amides is 1. The molecule has 3 atom stereocenters. The highest BCUT2D eigenvalue weighted by molar-refractivity contribution is 7.90. The molecule has 29 heavy (non-hydrogen) atoms. The molecule has 0 bridgehead atoms. The number of rotatable bonds is 7. The highest BCUT2D eigenvalue weighted by Crippen LogP contribution is 2.36. The van der Waals surface area contributed by atoms with Crippen molar-refractivity contribution in [3.8, 4) is 0 Å². The number of benzene rings is 1. The van der Waals surface area contributed by atoms with Crippen LogP contribution in [0.25, 0.3) is 0 Å². The summed E-state index contributed by atoms with van der Waals surface area (Å²) in [4.78, 5) is 11.8. The van der Waals surface area contributed by atoms with Crippen LogP contribution in [0.1, 0.15) is 50.3 Å². The molecular formula is C20H29N5O3S. The molecule has 1 aliphatic carbocycles. The zero-order chi connectivity index (χ0) is 21.0. The molecule has 2 aromatic rings. The van der Waals surface area contributed by atoms with E-state index in [2.05, 4.69) is 20.8 Å². The molecule has 0 spiro atoms. The number of H-pyrrole nitrogens is 1. The molecule has 3 rings (SSSR count). The van der Waals surface area contributed by atoms with E-state index in [4.69, 9.17) is 9.52 Å². The van der Waals surface area contributed by atoms with Crippen LogP contribution in [0.3, 0.4) is 0 Å². The number of anilines is 2. The Labute approximate surface area is 171 Å². The minimum absolute atomic E-state index is 0.0630. The number of aromatic amines is 1. The molecule has 1 fully saturated rings. The van der Waals surface area contributed by atoms with E-state index in [-0.39, 0.29) is 29.9 Å². The lowest BCUT2D eigenvalue weighted by atomic mass is 10.0. The lowest BCUT2D eigenvalue weighted by Gasteiger charge is -2.14. The van der Waals surface area contributed by atoms with Gasteiger partial charge in [0, 0.05) is 45.4 Å². The molecule has 0 saturated heterocycles. The lowest BCUT2D eigenvalue weighted by molar-refractivity contribution is 0.0981. The Morgan fingerprint density at radius 3 is 2.72 bits per heavy atom. The van der Waals surface area contributed by atoms with Crippen molar-refractivity contribution in [2.45, 2.75) is 56.9 Å². The number of hydrogen-bond acceptors (Lipinski definition) is 6. The van der Waals surface area contributed by atoms with E-state index in [9.17, 15) is 9.00 Å². The Balaban J connectivity index is 1.54. The third-order valence-electron chi connectivity index (χ3n) is 4.77. The van der Waals surface area contributed by atoms with Gasteiger partial charge in [0.25, 0.3) is 0 Å². The standard InChI is InChI=1S/C20H29N5O3S/c1-13(2)22-20(26)28-17-9-6-15(10-17)18-11-19(25-24-18)23-16-7-4-14(5-8-16)12-29(3,21)27/h4-5,7-8,11,13,15,17,21H,6,9-10,12H2,1-3H3,(H,22,26)(H2,23,24,25)/t15-,17+,29?/m0/s1. The molecule has 158 valence electrons. The molecule has 1 amide bonds. The van der Waals surface area contributed by atoms with Gasteiger partial charge in [-0.15, -0.1) is 0 Å². The molecule has 1 aliphatic rings. The largest absolute Gasteiger partial charge is 0.446 e. The summed E-state index contributed by atoms with van der Waals surface area (Å²) in [7, 11) is -2.55. The fourth-order valence-corrected chi connectivity index (χ4v) is 4.34. The second-order valence-electron chi connectivity index (χ2n) is 8.02. The van der Waals surface area contributed by atoms with Crippen LogP contribution in [0.4, 0.5) is 16.3 Å². The summed E-state index contributed by atoms with van der Waals surface area (Å²) in [6, 6.07) is 9.57. The van der Waals surface area contributed by atoms with Crippen molar-refractivity contribution in [1.82, 2.24) is 15.5 Å². The highest BCUT2D eigenvalue weighted by Gasteiger charge is 2.30. The third-order valence-corrected chi connectivity index (χ3v) is 5.65. The molecule has 1 heterocycles. The Hall–Kier alpha value is -2.55. The van der Waals surface area contributed by atoms with Crippen LogP contribution >= 0.6 is 0 Å². The van der Waals surface area contributed by atoms with Crippen molar-refractivity contribution in [3.63, 3.8) is 0 Å². The van der Waals surface area contributed by atoms with Gasteiger partial charge in [0.1, 0.15) is 6.10 Å². The molecule has 1 unspecified atom stereocenters. The van der Waals surface area contributed by atoms with Crippen LogP contribution in [0.2, 0.25) is 0 Å². The van der Waals surface area contributed by atoms with Gasteiger partial charge in [-0.05, 0) is 50.8 Å². The lowest BCUT2D eigenvalue weighted by Crippen LogP contribution is -2.33. The zero-order valence-corrected chi connectivity index (χ0v) is 17.8. The number of carbonyl (C=O) groups is 1. The van der Waals surface area contributed by atoms with Gasteiger partial charge < -0.3 is 15.4 Å². The van der Waals surface area contributed by atoms with Gasteiger partial charge in [0.15, 0.2) is 5.82 Å². The fraction of sp³-hybridized carbons (Fsp3) is 0.500. The third kappa shape index (κ3) is 6.49. The fourth-order valence-electron chi connectivity index (χ4n) is 3.51. The summed E-state index contributed by atoms with van der Waals surface area (Å²) >= 11 is 0. The normalized spacial score (nSPS) is 21.0. The predicted molar refractivity (Wildman–Crippen MR) is 114 cm³/mol. The van der Waals surface area contributed by atoms with Gasteiger partial charge >= 0.3 is 6.09 Å². The van der Waals surface area contributed by atoms with E-state index < -0.39 is 9.73 Å². The van der Waals surface area contributed by atoms with Crippen molar-refractivity contribution in [2.24, 2.45) is 0 Å². The minimum atomic E-state index is -2.55. The highest BCUT2D eigenvalue weighted by atomic mass is 32.2. The van der Waals surface area contributed by atoms with Gasteiger partial charge in [0.05, 0.1) is 5.75 Å². The molecule has 1 aromatic carbocycles. The van der Waals surface area contributed by atoms with Gasteiger partial charge in [-0.1, -0.05) is 12.1 Å². The predicted octanol–water partition coefficient (Wildman–Crippen LogP) is 4.10.